The quantitative estimate of drug-likeness (QED) is 0.641. The second-order valence-corrected chi connectivity index (χ2v) is 9.89. The molecule has 1 unspecified atom stereocenters. The second kappa shape index (κ2) is 9.51. The third-order valence-electron chi connectivity index (χ3n) is 5.31. The van der Waals surface area contributed by atoms with Crippen molar-refractivity contribution in [3.63, 3.8) is 0 Å². The van der Waals surface area contributed by atoms with Crippen LogP contribution >= 0.6 is 0 Å². The Morgan fingerprint density at radius 1 is 1.07 bits per heavy atom. The fourth-order valence-electron chi connectivity index (χ4n) is 3.74. The van der Waals surface area contributed by atoms with Crippen LogP contribution in [0.2, 0.25) is 0 Å². The molecule has 7 heteroatoms. The largest absolute Gasteiger partial charge is 0.494 e. The summed E-state index contributed by atoms with van der Waals surface area (Å²) in [5, 5.41) is 0. The maximum absolute atomic E-state index is 13.1. The highest BCUT2D eigenvalue weighted by Gasteiger charge is 2.34. The Bertz CT molecular complexity index is 965. The predicted octanol–water partition coefficient (Wildman–Crippen LogP) is 3.30. The molecule has 1 saturated heterocycles. The smallest absolute Gasteiger partial charge is 0.261 e. The molecule has 0 bridgehead atoms. The van der Waals surface area contributed by atoms with Crippen LogP contribution in [-0.2, 0) is 21.2 Å². The van der Waals surface area contributed by atoms with E-state index >= 15 is 0 Å². The molecule has 2 aromatic rings. The molecule has 162 valence electrons. The van der Waals surface area contributed by atoms with Gasteiger partial charge < -0.3 is 14.4 Å². The molecule has 1 atom stereocenters. The first-order valence-corrected chi connectivity index (χ1v) is 12.0. The Morgan fingerprint density at radius 3 is 2.30 bits per heavy atom. The number of hydrogen-bond acceptors (Lipinski definition) is 5. The van der Waals surface area contributed by atoms with Gasteiger partial charge in [-0.2, -0.15) is 0 Å². The van der Waals surface area contributed by atoms with E-state index in [1.165, 1.54) is 0 Å². The van der Waals surface area contributed by atoms with Crippen molar-refractivity contribution in [3.8, 4) is 11.5 Å². The standard InChI is InChI=1S/C23H29NO5S/c1-4-28-21-10-8-19(9-11-21)14-24(20-12-13-30(26,27)16-20)22(25)15-29-23-17(2)6-5-7-18(23)3/h5-11,20H,4,12-16H2,1-3H3. The Labute approximate surface area is 178 Å². The molecule has 30 heavy (non-hydrogen) atoms. The molecule has 2 aromatic carbocycles. The van der Waals surface area contributed by atoms with E-state index in [0.717, 1.165) is 22.4 Å². The summed E-state index contributed by atoms with van der Waals surface area (Å²) in [5.41, 5.74) is 2.84. The lowest BCUT2D eigenvalue weighted by atomic mass is 10.1. The number of aryl methyl sites for hydroxylation is 2. The van der Waals surface area contributed by atoms with Gasteiger partial charge in [-0.05, 0) is 56.0 Å². The summed E-state index contributed by atoms with van der Waals surface area (Å²) < 4.78 is 35.4. The van der Waals surface area contributed by atoms with E-state index in [2.05, 4.69) is 0 Å². The van der Waals surface area contributed by atoms with Crippen LogP contribution < -0.4 is 9.47 Å². The second-order valence-electron chi connectivity index (χ2n) is 7.67. The summed E-state index contributed by atoms with van der Waals surface area (Å²) in [4.78, 5) is 14.7. The summed E-state index contributed by atoms with van der Waals surface area (Å²) in [6.07, 6.45) is 0.453. The molecule has 0 aromatic heterocycles. The number of carbonyl (C=O) groups excluding carboxylic acids is 1. The van der Waals surface area contributed by atoms with E-state index in [9.17, 15) is 13.2 Å². The number of para-hydroxylation sites is 1. The van der Waals surface area contributed by atoms with Gasteiger partial charge in [0.05, 0.1) is 18.1 Å². The Balaban J connectivity index is 1.75. The minimum absolute atomic E-state index is 0.000831. The van der Waals surface area contributed by atoms with Crippen molar-refractivity contribution < 1.29 is 22.7 Å². The lowest BCUT2D eigenvalue weighted by Crippen LogP contribution is -2.43. The van der Waals surface area contributed by atoms with E-state index < -0.39 is 9.84 Å². The number of rotatable bonds is 8. The first-order valence-electron chi connectivity index (χ1n) is 10.2. The molecule has 1 heterocycles. The number of nitrogens with zero attached hydrogens (tertiary/aromatic N) is 1. The number of hydrogen-bond donors (Lipinski definition) is 0. The van der Waals surface area contributed by atoms with Gasteiger partial charge in [-0.1, -0.05) is 30.3 Å². The Hall–Kier alpha value is -2.54. The van der Waals surface area contributed by atoms with Crippen molar-refractivity contribution >= 4 is 15.7 Å². The summed E-state index contributed by atoms with van der Waals surface area (Å²) in [6.45, 7) is 6.59. The summed E-state index contributed by atoms with van der Waals surface area (Å²) >= 11 is 0. The van der Waals surface area contributed by atoms with Gasteiger partial charge in [0.15, 0.2) is 16.4 Å². The third-order valence-corrected chi connectivity index (χ3v) is 7.06. The van der Waals surface area contributed by atoms with Crippen molar-refractivity contribution in [1.29, 1.82) is 0 Å². The van der Waals surface area contributed by atoms with Crippen LogP contribution in [0.1, 0.15) is 30.0 Å². The highest BCUT2D eigenvalue weighted by Crippen LogP contribution is 2.24. The number of amides is 1. The average Bonchev–Trinajstić information content (AvgIpc) is 3.06. The van der Waals surface area contributed by atoms with Gasteiger partial charge in [0.25, 0.3) is 5.91 Å². The maximum Gasteiger partial charge on any atom is 0.261 e. The predicted molar refractivity (Wildman–Crippen MR) is 117 cm³/mol. The topological polar surface area (TPSA) is 72.9 Å². The summed E-state index contributed by atoms with van der Waals surface area (Å²) in [7, 11) is -3.12. The van der Waals surface area contributed by atoms with E-state index in [1.54, 1.807) is 4.90 Å². The van der Waals surface area contributed by atoms with Crippen LogP contribution in [0.25, 0.3) is 0 Å². The Kier molecular flexibility index (Phi) is 7.02. The van der Waals surface area contributed by atoms with Crippen LogP contribution in [0.3, 0.4) is 0 Å². The van der Waals surface area contributed by atoms with E-state index in [4.69, 9.17) is 9.47 Å². The summed E-state index contributed by atoms with van der Waals surface area (Å²) in [5.74, 6) is 1.36. The zero-order valence-electron chi connectivity index (χ0n) is 17.8. The molecule has 3 rings (SSSR count). The van der Waals surface area contributed by atoms with Gasteiger partial charge in [0.2, 0.25) is 0 Å². The first kappa shape index (κ1) is 22.2. The van der Waals surface area contributed by atoms with Gasteiger partial charge in [-0.3, -0.25) is 4.79 Å². The number of ether oxygens (including phenoxy) is 2. The van der Waals surface area contributed by atoms with Gasteiger partial charge >= 0.3 is 0 Å². The Morgan fingerprint density at radius 2 is 1.73 bits per heavy atom. The monoisotopic (exact) mass is 431 g/mol. The zero-order chi connectivity index (χ0) is 21.7. The number of benzene rings is 2. The van der Waals surface area contributed by atoms with E-state index in [0.29, 0.717) is 25.3 Å². The van der Waals surface area contributed by atoms with Gasteiger partial charge in [-0.25, -0.2) is 8.42 Å². The highest BCUT2D eigenvalue weighted by atomic mass is 32.2. The molecular formula is C23H29NO5S. The molecule has 0 aliphatic carbocycles. The SMILES string of the molecule is CCOc1ccc(CN(C(=O)COc2c(C)cccc2C)C2CCS(=O)(=O)C2)cc1. The molecule has 0 spiro atoms. The summed E-state index contributed by atoms with van der Waals surface area (Å²) in [6, 6.07) is 13.0. The lowest BCUT2D eigenvalue weighted by Gasteiger charge is -2.28. The van der Waals surface area contributed by atoms with E-state index in [1.807, 2.05) is 63.2 Å². The van der Waals surface area contributed by atoms with Crippen molar-refractivity contribution in [3.05, 3.63) is 59.2 Å². The van der Waals surface area contributed by atoms with Crippen LogP contribution in [0.4, 0.5) is 0 Å². The third kappa shape index (κ3) is 5.53. The molecule has 0 radical (unpaired) electrons. The minimum atomic E-state index is -3.12. The van der Waals surface area contributed by atoms with Gasteiger partial charge in [0.1, 0.15) is 11.5 Å². The maximum atomic E-state index is 13.1. The van der Waals surface area contributed by atoms with Crippen molar-refractivity contribution in [1.82, 2.24) is 4.90 Å². The number of carbonyl (C=O) groups is 1. The average molecular weight is 432 g/mol. The normalized spacial score (nSPS) is 17.5. The van der Waals surface area contributed by atoms with Crippen molar-refractivity contribution in [2.45, 2.75) is 39.8 Å². The molecule has 0 N–H and O–H groups in total. The number of sulfone groups is 1. The van der Waals surface area contributed by atoms with Gasteiger partial charge in [0, 0.05) is 12.6 Å². The van der Waals surface area contributed by atoms with Crippen LogP contribution in [0, 0.1) is 13.8 Å². The molecule has 1 aliphatic heterocycles. The van der Waals surface area contributed by atoms with Gasteiger partial charge in [-0.15, -0.1) is 0 Å². The van der Waals surface area contributed by atoms with Crippen LogP contribution in [-0.4, -0.2) is 50.0 Å². The molecule has 1 amide bonds. The van der Waals surface area contributed by atoms with Crippen molar-refractivity contribution in [2.75, 3.05) is 24.7 Å². The van der Waals surface area contributed by atoms with Crippen LogP contribution in [0.5, 0.6) is 11.5 Å². The minimum Gasteiger partial charge on any atom is -0.494 e. The van der Waals surface area contributed by atoms with E-state index in [-0.39, 0.29) is 30.1 Å². The molecule has 0 saturated carbocycles. The molecular weight excluding hydrogens is 402 g/mol. The molecule has 6 nitrogen and oxygen atoms in total. The van der Waals surface area contributed by atoms with Crippen molar-refractivity contribution in [2.24, 2.45) is 0 Å². The fourth-order valence-corrected chi connectivity index (χ4v) is 5.47. The molecule has 1 aliphatic rings. The fraction of sp³-hybridized carbons (Fsp3) is 0.435. The lowest BCUT2D eigenvalue weighted by molar-refractivity contribution is -0.136. The highest BCUT2D eigenvalue weighted by molar-refractivity contribution is 7.91. The zero-order valence-corrected chi connectivity index (χ0v) is 18.6. The van der Waals surface area contributed by atoms with Crippen LogP contribution in [0.15, 0.2) is 42.5 Å². The molecule has 1 fully saturated rings. The first-order chi connectivity index (χ1) is 14.3.